The summed E-state index contributed by atoms with van der Waals surface area (Å²) < 4.78 is 0. The van der Waals surface area contributed by atoms with Crippen molar-refractivity contribution in [2.75, 3.05) is 18.6 Å². The van der Waals surface area contributed by atoms with Crippen LogP contribution in [0.15, 0.2) is 30.3 Å². The molecule has 1 aromatic carbocycles. The number of thioether (sulfide) groups is 1. The van der Waals surface area contributed by atoms with Crippen molar-refractivity contribution in [3.8, 4) is 0 Å². The van der Waals surface area contributed by atoms with Crippen LogP contribution in [0.1, 0.15) is 44.1 Å². The van der Waals surface area contributed by atoms with E-state index in [4.69, 9.17) is 17.2 Å². The summed E-state index contributed by atoms with van der Waals surface area (Å²) in [7, 11) is 0. The van der Waals surface area contributed by atoms with Gasteiger partial charge in [-0.15, -0.1) is 0 Å². The molecule has 0 fully saturated rings. The Morgan fingerprint density at radius 2 is 1.45 bits per heavy atom. The molecular formula is C25H40N6O6S. The third-order valence-corrected chi connectivity index (χ3v) is 6.40. The lowest BCUT2D eigenvalue weighted by atomic mass is 10.0. The predicted octanol–water partition coefficient (Wildman–Crippen LogP) is -0.757. The Kier molecular flexibility index (Phi) is 15.7. The van der Waals surface area contributed by atoms with Crippen LogP contribution in [0.3, 0.4) is 0 Å². The summed E-state index contributed by atoms with van der Waals surface area (Å²) in [5.41, 5.74) is 17.6. The third-order valence-electron chi connectivity index (χ3n) is 5.75. The molecule has 0 aliphatic rings. The molecule has 13 heteroatoms. The molecule has 0 saturated heterocycles. The molecule has 0 saturated carbocycles. The van der Waals surface area contributed by atoms with Crippen LogP contribution >= 0.6 is 11.8 Å². The van der Waals surface area contributed by atoms with E-state index in [1.165, 1.54) is 11.8 Å². The molecule has 4 unspecified atom stereocenters. The maximum absolute atomic E-state index is 13.2. The van der Waals surface area contributed by atoms with Crippen LogP contribution in [0, 0.1) is 0 Å². The number of carboxylic acids is 1. The molecule has 0 aliphatic heterocycles. The van der Waals surface area contributed by atoms with Crippen molar-refractivity contribution in [1.82, 2.24) is 16.0 Å². The average Bonchev–Trinajstić information content (AvgIpc) is 2.88. The number of unbranched alkanes of at least 4 members (excludes halogenated alkanes) is 1. The van der Waals surface area contributed by atoms with Gasteiger partial charge in [0.05, 0.1) is 6.04 Å². The summed E-state index contributed by atoms with van der Waals surface area (Å²) in [6.45, 7) is 0.385. The number of carbonyl (C=O) groups is 5. The molecule has 0 heterocycles. The summed E-state index contributed by atoms with van der Waals surface area (Å²) in [5.74, 6) is -3.33. The molecule has 38 heavy (non-hydrogen) atoms. The van der Waals surface area contributed by atoms with Crippen molar-refractivity contribution in [3.63, 3.8) is 0 Å². The Bertz CT molecular complexity index is 919. The number of rotatable bonds is 19. The Balaban J connectivity index is 2.95. The lowest BCUT2D eigenvalue weighted by Crippen LogP contribution is -2.57. The highest BCUT2D eigenvalue weighted by atomic mass is 32.2. The predicted molar refractivity (Wildman–Crippen MR) is 146 cm³/mol. The Hall–Kier alpha value is -3.16. The zero-order valence-electron chi connectivity index (χ0n) is 21.7. The van der Waals surface area contributed by atoms with Crippen LogP contribution in [-0.2, 0) is 30.4 Å². The highest BCUT2D eigenvalue weighted by Gasteiger charge is 2.30. The van der Waals surface area contributed by atoms with E-state index in [2.05, 4.69) is 16.0 Å². The fourth-order valence-corrected chi connectivity index (χ4v) is 4.07. The second kappa shape index (κ2) is 18.2. The van der Waals surface area contributed by atoms with Gasteiger partial charge in [0.25, 0.3) is 0 Å². The van der Waals surface area contributed by atoms with Crippen LogP contribution in [0.4, 0.5) is 0 Å². The first-order valence-corrected chi connectivity index (χ1v) is 13.9. The zero-order valence-corrected chi connectivity index (χ0v) is 22.5. The summed E-state index contributed by atoms with van der Waals surface area (Å²) in [6, 6.07) is 4.87. The minimum absolute atomic E-state index is 0.140. The number of nitrogens with one attached hydrogen (secondary N) is 3. The number of carboxylic acid groups (broad SMARTS) is 1. The quantitative estimate of drug-likeness (QED) is 0.107. The third kappa shape index (κ3) is 12.9. The van der Waals surface area contributed by atoms with Gasteiger partial charge in [-0.2, -0.15) is 11.8 Å². The summed E-state index contributed by atoms with van der Waals surface area (Å²) in [6.07, 6.45) is 3.25. The fourth-order valence-electron chi connectivity index (χ4n) is 3.59. The molecular weight excluding hydrogens is 512 g/mol. The highest BCUT2D eigenvalue weighted by Crippen LogP contribution is 2.08. The Labute approximate surface area is 227 Å². The number of benzene rings is 1. The topological polar surface area (TPSA) is 220 Å². The zero-order chi connectivity index (χ0) is 28.5. The molecule has 0 bridgehead atoms. The van der Waals surface area contributed by atoms with Crippen molar-refractivity contribution in [3.05, 3.63) is 35.9 Å². The Morgan fingerprint density at radius 1 is 0.868 bits per heavy atom. The van der Waals surface area contributed by atoms with Gasteiger partial charge in [0.2, 0.25) is 23.6 Å². The van der Waals surface area contributed by atoms with E-state index in [0.29, 0.717) is 25.1 Å². The van der Waals surface area contributed by atoms with Gasteiger partial charge >= 0.3 is 5.97 Å². The number of primary amides is 1. The van der Waals surface area contributed by atoms with Gasteiger partial charge in [-0.25, -0.2) is 4.79 Å². The number of carbonyl (C=O) groups excluding carboxylic acids is 4. The van der Waals surface area contributed by atoms with Crippen LogP contribution in [0.2, 0.25) is 0 Å². The number of hydrogen-bond donors (Lipinski definition) is 7. The highest BCUT2D eigenvalue weighted by molar-refractivity contribution is 7.98. The second-order valence-electron chi connectivity index (χ2n) is 8.89. The van der Waals surface area contributed by atoms with Gasteiger partial charge in [-0.05, 0) is 62.6 Å². The lowest BCUT2D eigenvalue weighted by molar-refractivity contribution is -0.142. The Morgan fingerprint density at radius 3 is 2.00 bits per heavy atom. The van der Waals surface area contributed by atoms with Crippen molar-refractivity contribution in [2.45, 2.75) is 69.1 Å². The number of amides is 4. The smallest absolute Gasteiger partial charge is 0.326 e. The van der Waals surface area contributed by atoms with Gasteiger partial charge in [0.15, 0.2) is 0 Å². The van der Waals surface area contributed by atoms with Crippen molar-refractivity contribution >= 4 is 41.4 Å². The second-order valence-corrected chi connectivity index (χ2v) is 9.87. The standard InChI is InChI=1S/C25H40N6O6S/c1-38-14-12-19(29-22(33)17(27)15-16-7-3-2-4-8-16)24(35)30-18(10-11-21(28)32)23(34)31-20(25(36)37)9-5-6-13-26/h2-4,7-8,17-20H,5-6,9-15,26-27H2,1H3,(H2,28,32)(H,29,33)(H,30,35)(H,31,34)(H,36,37). The number of nitrogens with two attached hydrogens (primary N) is 3. The van der Waals surface area contributed by atoms with Crippen molar-refractivity contribution in [2.24, 2.45) is 17.2 Å². The lowest BCUT2D eigenvalue weighted by Gasteiger charge is -2.25. The first kappa shape index (κ1) is 32.9. The molecule has 4 amide bonds. The molecule has 0 aromatic heterocycles. The van der Waals surface area contributed by atoms with Gasteiger partial charge in [-0.1, -0.05) is 30.3 Å². The van der Waals surface area contributed by atoms with E-state index >= 15 is 0 Å². The van der Waals surface area contributed by atoms with Gasteiger partial charge in [-0.3, -0.25) is 19.2 Å². The van der Waals surface area contributed by atoms with E-state index in [1.54, 1.807) is 0 Å². The van der Waals surface area contributed by atoms with Gasteiger partial charge < -0.3 is 38.3 Å². The van der Waals surface area contributed by atoms with Crippen LogP contribution in [-0.4, -0.2) is 77.4 Å². The van der Waals surface area contributed by atoms with E-state index in [-0.39, 0.29) is 32.1 Å². The van der Waals surface area contributed by atoms with Gasteiger partial charge in [0, 0.05) is 6.42 Å². The molecule has 1 aromatic rings. The SMILES string of the molecule is CSCCC(NC(=O)C(N)Cc1ccccc1)C(=O)NC(CCC(N)=O)C(=O)NC(CCCCN)C(=O)O. The van der Waals surface area contributed by atoms with Gasteiger partial charge in [0.1, 0.15) is 18.1 Å². The fraction of sp³-hybridized carbons (Fsp3) is 0.560. The normalized spacial score (nSPS) is 14.0. The maximum atomic E-state index is 13.2. The minimum atomic E-state index is -1.24. The van der Waals surface area contributed by atoms with Crippen molar-refractivity contribution in [1.29, 1.82) is 0 Å². The monoisotopic (exact) mass is 552 g/mol. The molecule has 0 radical (unpaired) electrons. The molecule has 12 nitrogen and oxygen atoms in total. The maximum Gasteiger partial charge on any atom is 0.326 e. The molecule has 10 N–H and O–H groups in total. The minimum Gasteiger partial charge on any atom is -0.480 e. The van der Waals surface area contributed by atoms with Crippen LogP contribution in [0.5, 0.6) is 0 Å². The van der Waals surface area contributed by atoms with E-state index < -0.39 is 53.8 Å². The largest absolute Gasteiger partial charge is 0.480 e. The number of hydrogen-bond acceptors (Lipinski definition) is 8. The molecule has 0 spiro atoms. The number of aliphatic carboxylic acids is 1. The van der Waals surface area contributed by atoms with E-state index in [0.717, 1.165) is 5.56 Å². The summed E-state index contributed by atoms with van der Waals surface area (Å²) >= 11 is 1.47. The van der Waals surface area contributed by atoms with E-state index in [9.17, 15) is 29.1 Å². The first-order valence-electron chi connectivity index (χ1n) is 12.5. The van der Waals surface area contributed by atoms with E-state index in [1.807, 2.05) is 36.6 Å². The van der Waals surface area contributed by atoms with Crippen LogP contribution < -0.4 is 33.2 Å². The molecule has 0 aliphatic carbocycles. The first-order chi connectivity index (χ1) is 18.1. The molecule has 212 valence electrons. The average molecular weight is 553 g/mol. The van der Waals surface area contributed by atoms with Crippen molar-refractivity contribution < 1.29 is 29.1 Å². The summed E-state index contributed by atoms with van der Waals surface area (Å²) in [5, 5.41) is 17.1. The molecule has 1 rings (SSSR count). The summed E-state index contributed by atoms with van der Waals surface area (Å²) in [4.78, 5) is 61.8. The van der Waals surface area contributed by atoms with Crippen LogP contribution in [0.25, 0.3) is 0 Å². The molecule has 4 atom stereocenters.